The smallest absolute Gasteiger partial charge is 0.178 e. The first-order valence-electron chi connectivity index (χ1n) is 6.37. The zero-order valence-corrected chi connectivity index (χ0v) is 10.7. The third-order valence-corrected chi connectivity index (χ3v) is 4.06. The number of imidazole rings is 1. The molecule has 1 N–H and O–H groups in total. The van der Waals surface area contributed by atoms with E-state index in [2.05, 4.69) is 14.5 Å². The van der Waals surface area contributed by atoms with Gasteiger partial charge in [-0.05, 0) is 37.0 Å². The van der Waals surface area contributed by atoms with Crippen molar-refractivity contribution in [2.45, 2.75) is 38.6 Å². The van der Waals surface area contributed by atoms with Gasteiger partial charge >= 0.3 is 0 Å². The van der Waals surface area contributed by atoms with Crippen LogP contribution in [-0.4, -0.2) is 14.5 Å². The Morgan fingerprint density at radius 1 is 1.35 bits per heavy atom. The second kappa shape index (κ2) is 4.61. The molecule has 17 heavy (non-hydrogen) atoms. The summed E-state index contributed by atoms with van der Waals surface area (Å²) in [5, 5.41) is 0. The molecular weight excluding hydrogens is 230 g/mol. The minimum Gasteiger partial charge on any atom is -0.329 e. The van der Waals surface area contributed by atoms with Crippen molar-refractivity contribution in [1.29, 1.82) is 0 Å². The number of aromatic amines is 1. The Kier molecular flexibility index (Phi) is 2.97. The first-order chi connectivity index (χ1) is 8.34. The summed E-state index contributed by atoms with van der Waals surface area (Å²) in [6, 6.07) is 2.05. The van der Waals surface area contributed by atoms with Crippen molar-refractivity contribution in [3.05, 3.63) is 23.2 Å². The molecule has 0 bridgehead atoms. The van der Waals surface area contributed by atoms with E-state index in [-0.39, 0.29) is 0 Å². The Hall–Kier alpha value is -1.16. The first-order valence-corrected chi connectivity index (χ1v) is 6.78. The lowest BCUT2D eigenvalue weighted by molar-refractivity contribution is 0.321. The van der Waals surface area contributed by atoms with E-state index in [9.17, 15) is 0 Å². The molecule has 2 aromatic rings. The van der Waals surface area contributed by atoms with Crippen molar-refractivity contribution in [3.8, 4) is 0 Å². The van der Waals surface area contributed by atoms with Gasteiger partial charge in [0, 0.05) is 12.7 Å². The summed E-state index contributed by atoms with van der Waals surface area (Å²) in [6.45, 7) is 1.06. The van der Waals surface area contributed by atoms with Crippen LogP contribution in [0.1, 0.15) is 32.1 Å². The van der Waals surface area contributed by atoms with Gasteiger partial charge in [-0.2, -0.15) is 0 Å². The molecule has 90 valence electrons. The lowest BCUT2D eigenvalue weighted by Crippen LogP contribution is -2.14. The topological polar surface area (TPSA) is 33.6 Å². The van der Waals surface area contributed by atoms with Crippen LogP contribution in [0.5, 0.6) is 0 Å². The van der Waals surface area contributed by atoms with Gasteiger partial charge in [-0.15, -0.1) is 0 Å². The number of hydrogen-bond donors (Lipinski definition) is 1. The van der Waals surface area contributed by atoms with Crippen LogP contribution in [0.4, 0.5) is 0 Å². The van der Waals surface area contributed by atoms with Crippen molar-refractivity contribution in [1.82, 2.24) is 14.5 Å². The standard InChI is InChI=1S/C13H17N3S/c17-13-15-11-8-14-7-6-12(11)16(13)9-10-4-2-1-3-5-10/h6-8,10H,1-5,9H2,(H,15,17). The Labute approximate surface area is 106 Å². The van der Waals surface area contributed by atoms with Crippen LogP contribution in [0.3, 0.4) is 0 Å². The van der Waals surface area contributed by atoms with E-state index < -0.39 is 0 Å². The van der Waals surface area contributed by atoms with E-state index in [0.717, 1.165) is 22.8 Å². The molecule has 3 rings (SSSR count). The molecule has 0 radical (unpaired) electrons. The first kappa shape index (κ1) is 11.0. The van der Waals surface area contributed by atoms with Crippen molar-refractivity contribution < 1.29 is 0 Å². The minimum absolute atomic E-state index is 0.794. The number of hydrogen-bond acceptors (Lipinski definition) is 2. The van der Waals surface area contributed by atoms with Crippen molar-refractivity contribution in [3.63, 3.8) is 0 Å². The average molecular weight is 247 g/mol. The largest absolute Gasteiger partial charge is 0.329 e. The molecule has 1 fully saturated rings. The molecule has 1 saturated carbocycles. The lowest BCUT2D eigenvalue weighted by atomic mass is 9.89. The van der Waals surface area contributed by atoms with Gasteiger partial charge in [0.05, 0.1) is 17.2 Å². The number of nitrogens with zero attached hydrogens (tertiary/aromatic N) is 2. The van der Waals surface area contributed by atoms with Crippen LogP contribution in [0, 0.1) is 10.7 Å². The predicted molar refractivity (Wildman–Crippen MR) is 71.5 cm³/mol. The zero-order chi connectivity index (χ0) is 11.7. The lowest BCUT2D eigenvalue weighted by Gasteiger charge is -2.22. The summed E-state index contributed by atoms with van der Waals surface area (Å²) in [4.78, 5) is 7.36. The number of fused-ring (bicyclic) bond motifs is 1. The molecule has 1 aliphatic carbocycles. The van der Waals surface area contributed by atoms with E-state index in [0.29, 0.717) is 0 Å². The third kappa shape index (κ3) is 2.14. The molecule has 0 unspecified atom stereocenters. The van der Waals surface area contributed by atoms with Crippen molar-refractivity contribution >= 4 is 23.3 Å². The number of pyridine rings is 1. The summed E-state index contributed by atoms with van der Waals surface area (Å²) in [5.74, 6) is 0.794. The summed E-state index contributed by atoms with van der Waals surface area (Å²) < 4.78 is 3.07. The molecule has 0 aromatic carbocycles. The van der Waals surface area contributed by atoms with Crippen LogP contribution in [0.2, 0.25) is 0 Å². The second-order valence-electron chi connectivity index (χ2n) is 4.94. The van der Waals surface area contributed by atoms with E-state index in [1.807, 2.05) is 18.5 Å². The molecule has 0 spiro atoms. The van der Waals surface area contributed by atoms with Crippen LogP contribution in [0.15, 0.2) is 18.5 Å². The molecule has 0 amide bonds. The van der Waals surface area contributed by atoms with E-state index in [4.69, 9.17) is 12.2 Å². The summed E-state index contributed by atoms with van der Waals surface area (Å²) in [5.41, 5.74) is 2.24. The molecule has 0 atom stereocenters. The van der Waals surface area contributed by atoms with Crippen molar-refractivity contribution in [2.24, 2.45) is 5.92 Å². The molecular formula is C13H17N3S. The highest BCUT2D eigenvalue weighted by Gasteiger charge is 2.15. The molecule has 2 heterocycles. The highest BCUT2D eigenvalue weighted by Crippen LogP contribution is 2.26. The zero-order valence-electron chi connectivity index (χ0n) is 9.85. The van der Waals surface area contributed by atoms with Crippen molar-refractivity contribution in [2.75, 3.05) is 0 Å². The number of rotatable bonds is 2. The molecule has 2 aromatic heterocycles. The fourth-order valence-corrected chi connectivity index (χ4v) is 3.10. The van der Waals surface area contributed by atoms with Gasteiger partial charge in [0.2, 0.25) is 0 Å². The minimum atomic E-state index is 0.794. The number of nitrogens with one attached hydrogen (secondary N) is 1. The maximum absolute atomic E-state index is 5.40. The summed E-state index contributed by atoms with van der Waals surface area (Å²) >= 11 is 5.40. The van der Waals surface area contributed by atoms with E-state index >= 15 is 0 Å². The summed E-state index contributed by atoms with van der Waals surface area (Å²) in [6.07, 6.45) is 10.5. The Bertz CT molecular complexity index is 563. The Morgan fingerprint density at radius 2 is 2.18 bits per heavy atom. The molecule has 3 nitrogen and oxygen atoms in total. The van der Waals surface area contributed by atoms with Gasteiger partial charge in [0.25, 0.3) is 0 Å². The van der Waals surface area contributed by atoms with Gasteiger partial charge in [-0.25, -0.2) is 0 Å². The number of H-pyrrole nitrogens is 1. The Morgan fingerprint density at radius 3 is 3.00 bits per heavy atom. The third-order valence-electron chi connectivity index (χ3n) is 3.74. The van der Waals surface area contributed by atoms with E-state index in [1.165, 1.54) is 37.6 Å². The van der Waals surface area contributed by atoms with Crippen LogP contribution in [-0.2, 0) is 6.54 Å². The average Bonchev–Trinajstić information content (AvgIpc) is 2.68. The Balaban J connectivity index is 1.93. The normalized spacial score (nSPS) is 17.6. The van der Waals surface area contributed by atoms with Gasteiger partial charge in [0.1, 0.15) is 0 Å². The maximum atomic E-state index is 5.40. The molecule has 0 saturated heterocycles. The van der Waals surface area contributed by atoms with E-state index in [1.54, 1.807) is 0 Å². The highest BCUT2D eigenvalue weighted by molar-refractivity contribution is 7.71. The fourth-order valence-electron chi connectivity index (χ4n) is 2.82. The van der Waals surface area contributed by atoms with Gasteiger partial charge in [0.15, 0.2) is 4.77 Å². The maximum Gasteiger partial charge on any atom is 0.178 e. The fraction of sp³-hybridized carbons (Fsp3) is 0.538. The number of aromatic nitrogens is 3. The van der Waals surface area contributed by atoms with Gasteiger partial charge in [-0.1, -0.05) is 19.3 Å². The predicted octanol–water partition coefficient (Wildman–Crippen LogP) is 3.67. The van der Waals surface area contributed by atoms with Crippen LogP contribution in [0.25, 0.3) is 11.0 Å². The van der Waals surface area contributed by atoms with Gasteiger partial charge in [-0.3, -0.25) is 4.98 Å². The van der Waals surface area contributed by atoms with Crippen LogP contribution < -0.4 is 0 Å². The van der Waals surface area contributed by atoms with Gasteiger partial charge < -0.3 is 9.55 Å². The monoisotopic (exact) mass is 247 g/mol. The summed E-state index contributed by atoms with van der Waals surface area (Å²) in [7, 11) is 0. The second-order valence-corrected chi connectivity index (χ2v) is 5.32. The molecule has 0 aliphatic heterocycles. The SMILES string of the molecule is S=c1[nH]c2cnccc2n1CC1CCCCC1. The highest BCUT2D eigenvalue weighted by atomic mass is 32.1. The van der Waals surface area contributed by atoms with Crippen LogP contribution >= 0.6 is 12.2 Å². The molecule has 4 heteroatoms. The quantitative estimate of drug-likeness (QED) is 0.821. The molecule has 1 aliphatic rings.